The summed E-state index contributed by atoms with van der Waals surface area (Å²) in [7, 11) is 0. The molecule has 1 aliphatic heterocycles. The maximum atomic E-state index is 14.3. The molecule has 9 atom stereocenters. The molecule has 22 heteroatoms. The van der Waals surface area contributed by atoms with Gasteiger partial charge in [-0.3, -0.25) is 43.2 Å². The number of nitrogens with one attached hydrogen (secondary N) is 7. The van der Waals surface area contributed by atoms with E-state index in [0.717, 1.165) is 11.1 Å². The minimum Gasteiger partial charge on any atom is -0.481 e. The zero-order valence-corrected chi connectivity index (χ0v) is 42.2. The fourth-order valence-electron chi connectivity index (χ4n) is 7.12. The Morgan fingerprint density at radius 2 is 1.34 bits per heavy atom. The summed E-state index contributed by atoms with van der Waals surface area (Å²) in [5, 5.41) is 28.6. The fraction of sp³-hybridized carbons (Fsp3) is 0.674. The summed E-state index contributed by atoms with van der Waals surface area (Å²) in [5.74, 6) is -6.68. The number of carbonyl (C=O) groups is 9. The molecule has 0 aromatic heterocycles. The second kappa shape index (κ2) is 30.5. The summed E-state index contributed by atoms with van der Waals surface area (Å²) in [4.78, 5) is 121. The lowest BCUT2D eigenvalue weighted by Crippen LogP contribution is -2.61. The number of carbonyl (C=O) groups excluding carboxylic acids is 8. The molecule has 382 valence electrons. The van der Waals surface area contributed by atoms with Crippen molar-refractivity contribution in [3.8, 4) is 0 Å². The summed E-state index contributed by atoms with van der Waals surface area (Å²) >= 11 is 2.66. The van der Waals surface area contributed by atoms with E-state index in [1.165, 1.54) is 30.4 Å². The molecule has 1 aromatic rings. The number of nitrogens with two attached hydrogens (primary N) is 3. The van der Waals surface area contributed by atoms with Crippen molar-refractivity contribution in [2.45, 2.75) is 160 Å². The summed E-state index contributed by atoms with van der Waals surface area (Å²) in [6.07, 6.45) is 0.800. The zero-order valence-electron chi connectivity index (χ0n) is 40.5. The van der Waals surface area contributed by atoms with Gasteiger partial charge in [-0.05, 0) is 80.9 Å². The van der Waals surface area contributed by atoms with Gasteiger partial charge in [0.2, 0.25) is 47.3 Å². The van der Waals surface area contributed by atoms with Gasteiger partial charge < -0.3 is 59.5 Å². The summed E-state index contributed by atoms with van der Waals surface area (Å²) in [6.45, 7) is 12.8. The Hall–Kier alpha value is -4.93. The van der Waals surface area contributed by atoms with Gasteiger partial charge in [0.1, 0.15) is 42.3 Å². The van der Waals surface area contributed by atoms with Crippen molar-refractivity contribution in [2.24, 2.45) is 35.0 Å². The van der Waals surface area contributed by atoms with Crippen LogP contribution in [0.2, 0.25) is 0 Å². The minimum absolute atomic E-state index is 0.0337. The molecular formula is C46H76N10O10S2. The predicted molar refractivity (Wildman–Crippen MR) is 263 cm³/mol. The second-order valence-corrected chi connectivity index (χ2v) is 20.3. The van der Waals surface area contributed by atoms with E-state index in [0.29, 0.717) is 30.8 Å². The van der Waals surface area contributed by atoms with Crippen molar-refractivity contribution >= 4 is 76.8 Å². The van der Waals surface area contributed by atoms with Crippen LogP contribution < -0.4 is 54.4 Å². The molecule has 0 unspecified atom stereocenters. The van der Waals surface area contributed by atoms with E-state index in [1.54, 1.807) is 6.92 Å². The Bertz CT molecular complexity index is 1870. The normalized spacial score (nSPS) is 22.1. The molecule has 0 spiro atoms. The number of benzene rings is 1. The highest BCUT2D eigenvalue weighted by Gasteiger charge is 2.35. The topological polar surface area (TPSA) is 336 Å². The minimum atomic E-state index is -1.51. The maximum Gasteiger partial charge on any atom is 0.303 e. The highest BCUT2D eigenvalue weighted by molar-refractivity contribution is 7.98. The number of amides is 8. The largest absolute Gasteiger partial charge is 0.481 e. The number of rotatable bonds is 20. The first kappa shape index (κ1) is 59.2. The molecule has 0 radical (unpaired) electrons. The van der Waals surface area contributed by atoms with Gasteiger partial charge in [-0.15, -0.1) is 0 Å². The molecule has 14 N–H and O–H groups in total. The van der Waals surface area contributed by atoms with Crippen molar-refractivity contribution in [3.05, 3.63) is 35.4 Å². The lowest BCUT2D eigenvalue weighted by Gasteiger charge is -2.29. The molecule has 1 aromatic carbocycles. The lowest BCUT2D eigenvalue weighted by atomic mass is 9.97. The van der Waals surface area contributed by atoms with E-state index in [4.69, 9.17) is 17.2 Å². The van der Waals surface area contributed by atoms with E-state index in [-0.39, 0.29) is 55.1 Å². The van der Waals surface area contributed by atoms with E-state index in [2.05, 4.69) is 37.2 Å². The van der Waals surface area contributed by atoms with Crippen molar-refractivity contribution in [3.63, 3.8) is 0 Å². The number of fused-ring (bicyclic) bond motifs is 2. The second-order valence-electron chi connectivity index (χ2n) is 18.3. The van der Waals surface area contributed by atoms with Crippen LogP contribution in [0.25, 0.3) is 0 Å². The van der Waals surface area contributed by atoms with Crippen LogP contribution in [0.4, 0.5) is 0 Å². The SMILES string of the molecule is CC[C@H](C)[C@H](NC(=O)[C@H](CC(C)C)NC(=O)[C@@H]1CSCc2cccc(c2)CSC[C@H](NC(=O)[C@H](C)N)C(=O)N[C@@H](CC(C)C)C(=O)N[C@@H](CCCCN)C(=O)N[C@@H](CCC(=O)O)C(=O)N1)C(N)=O. The van der Waals surface area contributed by atoms with Gasteiger partial charge in [-0.2, -0.15) is 23.5 Å². The van der Waals surface area contributed by atoms with Gasteiger partial charge in [0.25, 0.3) is 0 Å². The van der Waals surface area contributed by atoms with Crippen LogP contribution in [0.3, 0.4) is 0 Å². The van der Waals surface area contributed by atoms with Crippen LogP contribution in [-0.4, -0.2) is 125 Å². The highest BCUT2D eigenvalue weighted by atomic mass is 32.2. The number of unbranched alkanes of at least 4 members (excludes halogenated alkanes) is 1. The number of carboxylic acids is 1. The zero-order chi connectivity index (χ0) is 51.1. The molecule has 0 fully saturated rings. The third-order valence-corrected chi connectivity index (χ3v) is 13.3. The van der Waals surface area contributed by atoms with Gasteiger partial charge in [-0.25, -0.2) is 0 Å². The van der Waals surface area contributed by atoms with Gasteiger partial charge in [-0.1, -0.05) is 72.2 Å². The monoisotopic (exact) mass is 993 g/mol. The maximum absolute atomic E-state index is 14.3. The van der Waals surface area contributed by atoms with E-state index in [1.807, 2.05) is 58.9 Å². The molecule has 0 saturated heterocycles. The van der Waals surface area contributed by atoms with E-state index >= 15 is 0 Å². The molecule has 20 nitrogen and oxygen atoms in total. The summed E-state index contributed by atoms with van der Waals surface area (Å²) in [5.41, 5.74) is 19.0. The Morgan fingerprint density at radius 1 is 0.765 bits per heavy atom. The molecule has 1 heterocycles. The van der Waals surface area contributed by atoms with Gasteiger partial charge in [0.15, 0.2) is 0 Å². The van der Waals surface area contributed by atoms with Crippen molar-refractivity contribution in [2.75, 3.05) is 18.1 Å². The predicted octanol–water partition coefficient (Wildman–Crippen LogP) is 0.525. The Labute approximate surface area is 408 Å². The summed E-state index contributed by atoms with van der Waals surface area (Å²) < 4.78 is 0. The third kappa shape index (κ3) is 21.6. The van der Waals surface area contributed by atoms with E-state index in [9.17, 15) is 48.3 Å². The Morgan fingerprint density at radius 3 is 1.88 bits per heavy atom. The Balaban J connectivity index is 2.70. The number of aliphatic carboxylic acids is 1. The molecular weight excluding hydrogens is 917 g/mol. The van der Waals surface area contributed by atoms with Crippen LogP contribution in [-0.2, 0) is 54.7 Å². The van der Waals surface area contributed by atoms with E-state index < -0.39 is 114 Å². The number of primary amides is 1. The quantitative estimate of drug-likeness (QED) is 0.0795. The average molecular weight is 993 g/mol. The molecule has 0 aliphatic carbocycles. The van der Waals surface area contributed by atoms with Crippen LogP contribution >= 0.6 is 23.5 Å². The van der Waals surface area contributed by atoms with Crippen LogP contribution in [0.5, 0.6) is 0 Å². The fourth-order valence-corrected chi connectivity index (χ4v) is 9.12. The first-order chi connectivity index (χ1) is 32.1. The molecule has 68 heavy (non-hydrogen) atoms. The van der Waals surface area contributed by atoms with Gasteiger partial charge >= 0.3 is 5.97 Å². The number of thioether (sulfide) groups is 2. The smallest absolute Gasteiger partial charge is 0.303 e. The van der Waals surface area contributed by atoms with Crippen LogP contribution in [0, 0.1) is 17.8 Å². The first-order valence-corrected chi connectivity index (χ1v) is 25.7. The first-order valence-electron chi connectivity index (χ1n) is 23.4. The van der Waals surface area contributed by atoms with Crippen molar-refractivity contribution < 1.29 is 48.3 Å². The molecule has 2 bridgehead atoms. The third-order valence-electron chi connectivity index (χ3n) is 11.1. The standard InChI is InChI=1S/C46H76N10O10S2/c1-8-27(6)38(39(49)59)56-44(64)34(19-26(4)5)53-46(66)36-24-68-22-30-13-11-12-29(20-30)21-67-23-35(54-40(60)28(7)48)45(65)52-33(18-25(2)3)43(63)50-31(14-9-10-17-47)41(61)51-32(42(62)55-36)15-16-37(57)58/h11-13,20,25-28,31-36,38H,8-10,14-19,21-24,47-48H2,1-7H3,(H2,49,59)(H,50,63)(H,51,61)(H,52,65)(H,53,66)(H,54,60)(H,55,62)(H,56,64)(H,57,58)/t27-,28-,31-,32-,33-,34-,35-,36-,38-/m0/s1. The Kier molecular flexibility index (Phi) is 26.6. The number of carboxylic acid groups (broad SMARTS) is 1. The van der Waals surface area contributed by atoms with Crippen LogP contribution in [0.1, 0.15) is 111 Å². The molecule has 0 saturated carbocycles. The van der Waals surface area contributed by atoms with Gasteiger partial charge in [0, 0.05) is 29.4 Å². The van der Waals surface area contributed by atoms with Crippen molar-refractivity contribution in [1.29, 1.82) is 0 Å². The summed E-state index contributed by atoms with van der Waals surface area (Å²) in [6, 6.07) is -1.88. The average Bonchev–Trinajstić information content (AvgIpc) is 3.26. The van der Waals surface area contributed by atoms with Crippen LogP contribution in [0.15, 0.2) is 24.3 Å². The lowest BCUT2D eigenvalue weighted by molar-refractivity contribution is -0.138. The molecule has 2 rings (SSSR count). The number of hydrogen-bond donors (Lipinski definition) is 11. The molecule has 1 aliphatic rings. The van der Waals surface area contributed by atoms with Crippen molar-refractivity contribution in [1.82, 2.24) is 37.2 Å². The van der Waals surface area contributed by atoms with Gasteiger partial charge in [0.05, 0.1) is 6.04 Å². The molecule has 8 amide bonds. The number of hydrogen-bond acceptors (Lipinski definition) is 13. The highest BCUT2D eigenvalue weighted by Crippen LogP contribution is 2.20.